The van der Waals surface area contributed by atoms with Gasteiger partial charge in [0.15, 0.2) is 0 Å². The largest absolute Gasteiger partial charge is 0.492 e. The lowest BCUT2D eigenvalue weighted by Gasteiger charge is -2.39. The minimum atomic E-state index is -0.0506. The minimum Gasteiger partial charge on any atom is -0.492 e. The molecule has 4 nitrogen and oxygen atoms in total. The molecule has 2 heterocycles. The zero-order chi connectivity index (χ0) is 13.0. The molecule has 4 heteroatoms. The van der Waals surface area contributed by atoms with E-state index >= 15 is 0 Å². The Labute approximate surface area is 114 Å². The summed E-state index contributed by atoms with van der Waals surface area (Å²) in [6, 6.07) is 9.97. The average Bonchev–Trinajstić information content (AvgIpc) is 2.88. The lowest BCUT2D eigenvalue weighted by Crippen LogP contribution is -2.53. The van der Waals surface area contributed by atoms with Crippen molar-refractivity contribution < 1.29 is 14.2 Å². The van der Waals surface area contributed by atoms with Crippen LogP contribution in [0.4, 0.5) is 0 Å². The number of nitrogens with zero attached hydrogens (tertiary/aromatic N) is 1. The molecule has 1 atom stereocenters. The first-order valence-electron chi connectivity index (χ1n) is 6.98. The lowest BCUT2D eigenvalue weighted by molar-refractivity contribution is -0.110. The Bertz CT molecular complexity index is 390. The van der Waals surface area contributed by atoms with Gasteiger partial charge in [0.25, 0.3) is 0 Å². The number of hydrogen-bond donors (Lipinski definition) is 0. The van der Waals surface area contributed by atoms with E-state index < -0.39 is 0 Å². The maximum Gasteiger partial charge on any atom is 0.119 e. The number of para-hydroxylation sites is 1. The Hall–Kier alpha value is -1.10. The standard InChI is InChI=1S/C15H21NO3/c1-2-4-14(5-3-1)18-10-7-16-8-11-19-15(12-16)6-9-17-13-15/h1-5H,6-13H2. The molecule has 2 fully saturated rings. The van der Waals surface area contributed by atoms with Gasteiger partial charge in [0.2, 0.25) is 0 Å². The number of rotatable bonds is 4. The second-order valence-corrected chi connectivity index (χ2v) is 5.27. The van der Waals surface area contributed by atoms with Gasteiger partial charge in [0.1, 0.15) is 18.0 Å². The maximum atomic E-state index is 5.91. The number of benzene rings is 1. The first-order chi connectivity index (χ1) is 9.36. The van der Waals surface area contributed by atoms with Crippen molar-refractivity contribution in [2.24, 2.45) is 0 Å². The SMILES string of the molecule is c1ccc(OCCN2CCOC3(CCOC3)C2)cc1. The van der Waals surface area contributed by atoms with Crippen LogP contribution in [0, 0.1) is 0 Å². The van der Waals surface area contributed by atoms with Crippen LogP contribution in [0.2, 0.25) is 0 Å². The molecule has 19 heavy (non-hydrogen) atoms. The quantitative estimate of drug-likeness (QED) is 0.825. The minimum absolute atomic E-state index is 0.0506. The lowest BCUT2D eigenvalue weighted by atomic mass is 10.0. The van der Waals surface area contributed by atoms with Crippen LogP contribution in [0.3, 0.4) is 0 Å². The third-order valence-corrected chi connectivity index (χ3v) is 3.81. The van der Waals surface area contributed by atoms with E-state index in [1.807, 2.05) is 30.3 Å². The van der Waals surface area contributed by atoms with Crippen molar-refractivity contribution in [3.8, 4) is 5.75 Å². The van der Waals surface area contributed by atoms with E-state index in [0.717, 1.165) is 58.2 Å². The van der Waals surface area contributed by atoms with E-state index in [0.29, 0.717) is 0 Å². The predicted octanol–water partition coefficient (Wildman–Crippen LogP) is 1.56. The van der Waals surface area contributed by atoms with E-state index in [9.17, 15) is 0 Å². The fourth-order valence-electron chi connectivity index (χ4n) is 2.75. The van der Waals surface area contributed by atoms with Gasteiger partial charge in [-0.15, -0.1) is 0 Å². The number of morpholine rings is 1. The van der Waals surface area contributed by atoms with E-state index in [2.05, 4.69) is 4.90 Å². The van der Waals surface area contributed by atoms with Crippen LogP contribution in [-0.2, 0) is 9.47 Å². The molecule has 0 aromatic heterocycles. The smallest absolute Gasteiger partial charge is 0.119 e. The Morgan fingerprint density at radius 1 is 1.21 bits per heavy atom. The molecule has 3 rings (SSSR count). The summed E-state index contributed by atoms with van der Waals surface area (Å²) in [6.45, 7) is 5.98. The molecule has 104 valence electrons. The molecular formula is C15H21NO3. The summed E-state index contributed by atoms with van der Waals surface area (Å²) < 4.78 is 17.1. The van der Waals surface area contributed by atoms with Crippen molar-refractivity contribution >= 4 is 0 Å². The zero-order valence-corrected chi connectivity index (χ0v) is 11.2. The Morgan fingerprint density at radius 2 is 2.11 bits per heavy atom. The van der Waals surface area contributed by atoms with Crippen molar-refractivity contribution in [3.63, 3.8) is 0 Å². The van der Waals surface area contributed by atoms with Crippen LogP contribution in [0.25, 0.3) is 0 Å². The first-order valence-corrected chi connectivity index (χ1v) is 6.98. The van der Waals surface area contributed by atoms with E-state index in [1.165, 1.54) is 0 Å². The van der Waals surface area contributed by atoms with Crippen LogP contribution < -0.4 is 4.74 Å². The molecule has 0 aliphatic carbocycles. The fourth-order valence-corrected chi connectivity index (χ4v) is 2.75. The molecular weight excluding hydrogens is 242 g/mol. The van der Waals surface area contributed by atoms with Crippen molar-refractivity contribution in [1.82, 2.24) is 4.90 Å². The zero-order valence-electron chi connectivity index (χ0n) is 11.2. The molecule has 2 aliphatic rings. The van der Waals surface area contributed by atoms with Crippen LogP contribution >= 0.6 is 0 Å². The van der Waals surface area contributed by atoms with Gasteiger partial charge < -0.3 is 14.2 Å². The summed E-state index contributed by atoms with van der Waals surface area (Å²) >= 11 is 0. The van der Waals surface area contributed by atoms with Gasteiger partial charge in [-0.05, 0) is 12.1 Å². The molecule has 1 aromatic rings. The monoisotopic (exact) mass is 263 g/mol. The van der Waals surface area contributed by atoms with Crippen molar-refractivity contribution in [1.29, 1.82) is 0 Å². The first kappa shape index (κ1) is 12.9. The predicted molar refractivity (Wildman–Crippen MR) is 72.5 cm³/mol. The van der Waals surface area contributed by atoms with E-state index in [1.54, 1.807) is 0 Å². The molecule has 0 amide bonds. The van der Waals surface area contributed by atoms with Crippen LogP contribution in [-0.4, -0.2) is 56.6 Å². The van der Waals surface area contributed by atoms with Gasteiger partial charge in [-0.2, -0.15) is 0 Å². The summed E-state index contributed by atoms with van der Waals surface area (Å²) in [5.41, 5.74) is -0.0506. The highest BCUT2D eigenvalue weighted by molar-refractivity contribution is 5.20. The highest BCUT2D eigenvalue weighted by atomic mass is 16.6. The second-order valence-electron chi connectivity index (χ2n) is 5.27. The Kier molecular flexibility index (Phi) is 4.01. The highest BCUT2D eigenvalue weighted by Gasteiger charge is 2.40. The van der Waals surface area contributed by atoms with Crippen LogP contribution in [0.5, 0.6) is 5.75 Å². The fraction of sp³-hybridized carbons (Fsp3) is 0.600. The maximum absolute atomic E-state index is 5.91. The van der Waals surface area contributed by atoms with Gasteiger partial charge in [0, 0.05) is 32.7 Å². The average molecular weight is 263 g/mol. The molecule has 0 saturated carbocycles. The molecule has 1 spiro atoms. The highest BCUT2D eigenvalue weighted by Crippen LogP contribution is 2.27. The van der Waals surface area contributed by atoms with E-state index in [-0.39, 0.29) is 5.60 Å². The van der Waals surface area contributed by atoms with Gasteiger partial charge in [-0.3, -0.25) is 4.90 Å². The van der Waals surface area contributed by atoms with Gasteiger partial charge in [-0.1, -0.05) is 18.2 Å². The topological polar surface area (TPSA) is 30.9 Å². The molecule has 0 radical (unpaired) electrons. The second kappa shape index (κ2) is 5.90. The number of ether oxygens (including phenoxy) is 3. The summed E-state index contributed by atoms with van der Waals surface area (Å²) in [5, 5.41) is 0. The molecule has 2 aliphatic heterocycles. The van der Waals surface area contributed by atoms with Gasteiger partial charge >= 0.3 is 0 Å². The van der Waals surface area contributed by atoms with Gasteiger partial charge in [0.05, 0.1) is 13.2 Å². The van der Waals surface area contributed by atoms with Crippen LogP contribution in [0.1, 0.15) is 6.42 Å². The van der Waals surface area contributed by atoms with Crippen molar-refractivity contribution in [2.75, 3.05) is 46.1 Å². The third kappa shape index (κ3) is 3.26. The summed E-state index contributed by atoms with van der Waals surface area (Å²) in [6.07, 6.45) is 1.02. The summed E-state index contributed by atoms with van der Waals surface area (Å²) in [7, 11) is 0. The summed E-state index contributed by atoms with van der Waals surface area (Å²) in [5.74, 6) is 0.940. The molecule has 0 bridgehead atoms. The molecule has 2 saturated heterocycles. The summed E-state index contributed by atoms with van der Waals surface area (Å²) in [4.78, 5) is 2.42. The number of hydrogen-bond acceptors (Lipinski definition) is 4. The van der Waals surface area contributed by atoms with E-state index in [4.69, 9.17) is 14.2 Å². The normalized spacial score (nSPS) is 27.8. The van der Waals surface area contributed by atoms with Crippen LogP contribution in [0.15, 0.2) is 30.3 Å². The van der Waals surface area contributed by atoms with Gasteiger partial charge in [-0.25, -0.2) is 0 Å². The van der Waals surface area contributed by atoms with Crippen molar-refractivity contribution in [3.05, 3.63) is 30.3 Å². The van der Waals surface area contributed by atoms with Crippen molar-refractivity contribution in [2.45, 2.75) is 12.0 Å². The Balaban J connectivity index is 1.45. The molecule has 1 unspecified atom stereocenters. The Morgan fingerprint density at radius 3 is 2.89 bits per heavy atom. The molecule has 1 aromatic carbocycles. The third-order valence-electron chi connectivity index (χ3n) is 3.81. The molecule has 0 N–H and O–H groups in total.